The Balaban J connectivity index is 1.47. The molecule has 9 nitrogen and oxygen atoms in total. The number of carbonyl (C=O) groups excluding carboxylic acids is 3. The van der Waals surface area contributed by atoms with Crippen molar-refractivity contribution in [2.45, 2.75) is 69.6 Å². The maximum Gasteiger partial charge on any atom is 0.573 e. The highest BCUT2D eigenvalue weighted by Gasteiger charge is 2.54. The lowest BCUT2D eigenvalue weighted by Gasteiger charge is -2.45. The summed E-state index contributed by atoms with van der Waals surface area (Å²) in [5, 5.41) is 8.36. The Hall–Kier alpha value is -3.25. The van der Waals surface area contributed by atoms with Crippen LogP contribution in [-0.2, 0) is 11.3 Å². The Kier molecular flexibility index (Phi) is 7.43. The summed E-state index contributed by atoms with van der Waals surface area (Å²) in [6, 6.07) is 1.68. The molecule has 13 heteroatoms. The van der Waals surface area contributed by atoms with Gasteiger partial charge in [-0.2, -0.15) is 0 Å². The van der Waals surface area contributed by atoms with Crippen LogP contribution in [0.25, 0.3) is 0 Å². The van der Waals surface area contributed by atoms with Gasteiger partial charge in [0.05, 0.1) is 6.04 Å². The number of likely N-dealkylation sites (tertiary alicyclic amines) is 1. The first kappa shape index (κ1) is 26.8. The van der Waals surface area contributed by atoms with Crippen molar-refractivity contribution in [1.82, 2.24) is 25.8 Å². The van der Waals surface area contributed by atoms with Crippen LogP contribution in [0.1, 0.15) is 44.6 Å². The number of benzene rings is 1. The summed E-state index contributed by atoms with van der Waals surface area (Å²) in [7, 11) is 1.53. The van der Waals surface area contributed by atoms with Crippen molar-refractivity contribution in [3.8, 4) is 5.75 Å². The zero-order valence-electron chi connectivity index (χ0n) is 20.7. The molecule has 1 aromatic rings. The first-order chi connectivity index (χ1) is 17.4. The van der Waals surface area contributed by atoms with Gasteiger partial charge in [-0.15, -0.1) is 13.2 Å². The molecule has 204 valence electrons. The lowest BCUT2D eigenvalue weighted by molar-refractivity contribution is -0.274. The van der Waals surface area contributed by atoms with Gasteiger partial charge in [0.15, 0.2) is 0 Å². The molecule has 2 saturated carbocycles. The predicted octanol–water partition coefficient (Wildman–Crippen LogP) is 3.10. The smallest absolute Gasteiger partial charge is 0.406 e. The van der Waals surface area contributed by atoms with E-state index in [1.54, 1.807) is 9.80 Å². The highest BCUT2D eigenvalue weighted by atomic mass is 19.4. The number of amides is 5. The second-order valence-electron chi connectivity index (χ2n) is 9.98. The second kappa shape index (κ2) is 10.3. The van der Waals surface area contributed by atoms with E-state index in [-0.39, 0.29) is 42.0 Å². The lowest BCUT2D eigenvalue weighted by Crippen LogP contribution is -2.61. The number of piperidine rings is 1. The van der Waals surface area contributed by atoms with Crippen molar-refractivity contribution in [2.75, 3.05) is 20.1 Å². The van der Waals surface area contributed by atoms with Gasteiger partial charge in [0.2, 0.25) is 5.91 Å². The Morgan fingerprint density at radius 2 is 1.86 bits per heavy atom. The zero-order valence-corrected chi connectivity index (χ0v) is 20.7. The third kappa shape index (κ3) is 6.55. The number of nitrogens with one attached hydrogen (secondary N) is 3. The topological polar surface area (TPSA) is 103 Å². The van der Waals surface area contributed by atoms with E-state index in [1.807, 2.05) is 0 Å². The summed E-state index contributed by atoms with van der Waals surface area (Å²) in [4.78, 5) is 41.0. The van der Waals surface area contributed by atoms with Crippen molar-refractivity contribution < 1.29 is 36.7 Å². The standard InChI is InChI=1S/C24H31F4N5O4/c1-14(34)31-23(7-8-23)16-9-18(13-32(12-16)21(35)29-2)33(17-4-5-17)22(36)30-11-15-3-6-19(10-20(15)25)37-24(26,27)28/h3,6,10,16-18H,4-5,7-9,11-13H2,1-2H3,(H,29,35)(H,30,36)(H,31,34)/t16-,18+/m0/s1. The van der Waals surface area contributed by atoms with Gasteiger partial charge in [0.25, 0.3) is 0 Å². The summed E-state index contributed by atoms with van der Waals surface area (Å²) in [5.41, 5.74) is -0.388. The molecule has 2 atom stereocenters. The summed E-state index contributed by atoms with van der Waals surface area (Å²) in [6.07, 6.45) is -1.16. The first-order valence-corrected chi connectivity index (χ1v) is 12.3. The molecule has 1 aromatic carbocycles. The minimum Gasteiger partial charge on any atom is -0.406 e. The predicted molar refractivity (Wildman–Crippen MR) is 124 cm³/mol. The van der Waals surface area contributed by atoms with Crippen molar-refractivity contribution in [2.24, 2.45) is 5.92 Å². The van der Waals surface area contributed by atoms with E-state index in [9.17, 15) is 31.9 Å². The van der Waals surface area contributed by atoms with Gasteiger partial charge in [-0.1, -0.05) is 6.07 Å². The largest absolute Gasteiger partial charge is 0.573 e. The summed E-state index contributed by atoms with van der Waals surface area (Å²) >= 11 is 0. The number of nitrogens with zero attached hydrogens (tertiary/aromatic N) is 2. The summed E-state index contributed by atoms with van der Waals surface area (Å²) in [6.45, 7) is 2.00. The van der Waals surface area contributed by atoms with Crippen LogP contribution in [-0.4, -0.2) is 71.9 Å². The molecule has 0 radical (unpaired) electrons. The fourth-order valence-electron chi connectivity index (χ4n) is 5.23. The van der Waals surface area contributed by atoms with Crippen LogP contribution in [0.5, 0.6) is 5.75 Å². The highest BCUT2D eigenvalue weighted by molar-refractivity contribution is 5.77. The van der Waals surface area contributed by atoms with Crippen LogP contribution in [0.15, 0.2) is 18.2 Å². The van der Waals surface area contributed by atoms with E-state index in [2.05, 4.69) is 20.7 Å². The SMILES string of the molecule is CNC(=O)N1C[C@H](N(C(=O)NCc2ccc(OC(F)(F)F)cc2F)C2CC2)C[C@H](C2(NC(C)=O)CC2)C1. The molecule has 0 unspecified atom stereocenters. The fourth-order valence-corrected chi connectivity index (χ4v) is 5.23. The Morgan fingerprint density at radius 1 is 1.16 bits per heavy atom. The van der Waals surface area contributed by atoms with Gasteiger partial charge in [0, 0.05) is 62.7 Å². The number of hydrogen-bond donors (Lipinski definition) is 3. The van der Waals surface area contributed by atoms with Crippen molar-refractivity contribution in [3.63, 3.8) is 0 Å². The molecule has 1 aliphatic heterocycles. The fraction of sp³-hybridized carbons (Fsp3) is 0.625. The molecule has 1 heterocycles. The van der Waals surface area contributed by atoms with E-state index in [0.717, 1.165) is 37.8 Å². The van der Waals surface area contributed by atoms with Gasteiger partial charge in [-0.05, 0) is 38.2 Å². The molecule has 4 rings (SSSR count). The van der Waals surface area contributed by atoms with E-state index < -0.39 is 29.5 Å². The number of ether oxygens (including phenoxy) is 1. The first-order valence-electron chi connectivity index (χ1n) is 12.3. The number of rotatable bonds is 7. The van der Waals surface area contributed by atoms with Crippen molar-refractivity contribution in [3.05, 3.63) is 29.6 Å². The van der Waals surface area contributed by atoms with Gasteiger partial charge in [0.1, 0.15) is 11.6 Å². The maximum atomic E-state index is 14.4. The van der Waals surface area contributed by atoms with Gasteiger partial charge < -0.3 is 30.5 Å². The number of carbonyl (C=O) groups is 3. The summed E-state index contributed by atoms with van der Waals surface area (Å²) < 4.78 is 55.3. The third-order valence-corrected chi connectivity index (χ3v) is 7.18. The van der Waals surface area contributed by atoms with E-state index in [0.29, 0.717) is 25.6 Å². The van der Waals surface area contributed by atoms with Crippen LogP contribution in [0.3, 0.4) is 0 Å². The highest BCUT2D eigenvalue weighted by Crippen LogP contribution is 2.47. The van der Waals surface area contributed by atoms with Crippen molar-refractivity contribution in [1.29, 1.82) is 0 Å². The average molecular weight is 530 g/mol. The molecular formula is C24H31F4N5O4. The number of alkyl halides is 3. The molecule has 0 bridgehead atoms. The molecule has 5 amide bonds. The van der Waals surface area contributed by atoms with Gasteiger partial charge in [-0.3, -0.25) is 4.79 Å². The van der Waals surface area contributed by atoms with Gasteiger partial charge >= 0.3 is 18.4 Å². The monoisotopic (exact) mass is 529 g/mol. The minimum atomic E-state index is -4.94. The molecule has 3 fully saturated rings. The molecule has 3 N–H and O–H groups in total. The molecule has 1 saturated heterocycles. The number of halogens is 4. The zero-order chi connectivity index (χ0) is 27.0. The number of urea groups is 2. The van der Waals surface area contributed by atoms with Crippen LogP contribution < -0.4 is 20.7 Å². The van der Waals surface area contributed by atoms with Crippen LogP contribution >= 0.6 is 0 Å². The van der Waals surface area contributed by atoms with E-state index in [4.69, 9.17) is 0 Å². The van der Waals surface area contributed by atoms with E-state index >= 15 is 0 Å². The van der Waals surface area contributed by atoms with Crippen LogP contribution in [0.4, 0.5) is 27.2 Å². The minimum absolute atomic E-state index is 0.00900. The van der Waals surface area contributed by atoms with Gasteiger partial charge in [-0.25, -0.2) is 14.0 Å². The Bertz CT molecular complexity index is 1040. The van der Waals surface area contributed by atoms with Crippen molar-refractivity contribution >= 4 is 18.0 Å². The molecule has 37 heavy (non-hydrogen) atoms. The third-order valence-electron chi connectivity index (χ3n) is 7.18. The molecular weight excluding hydrogens is 498 g/mol. The molecule has 0 spiro atoms. The summed E-state index contributed by atoms with van der Waals surface area (Å²) in [5.74, 6) is -1.80. The number of hydrogen-bond acceptors (Lipinski definition) is 4. The quantitative estimate of drug-likeness (QED) is 0.473. The second-order valence-corrected chi connectivity index (χ2v) is 9.98. The molecule has 0 aromatic heterocycles. The average Bonchev–Trinajstić information content (AvgIpc) is 3.74. The lowest BCUT2D eigenvalue weighted by atomic mass is 9.85. The van der Waals surface area contributed by atoms with Crippen LogP contribution in [0, 0.1) is 11.7 Å². The molecule has 3 aliphatic rings. The maximum absolute atomic E-state index is 14.4. The van der Waals surface area contributed by atoms with E-state index in [1.165, 1.54) is 14.0 Å². The van der Waals surface area contributed by atoms with Crippen LogP contribution in [0.2, 0.25) is 0 Å². The molecule has 2 aliphatic carbocycles. The normalized spacial score (nSPS) is 22.6. The Labute approximate surface area is 211 Å². The Morgan fingerprint density at radius 3 is 2.41 bits per heavy atom.